The minimum Gasteiger partial charge on any atom is -0.481 e. The van der Waals surface area contributed by atoms with E-state index in [-0.39, 0.29) is 16.9 Å². The molecule has 0 bridgehead atoms. The Morgan fingerprint density at radius 1 is 1.47 bits per heavy atom. The van der Waals surface area contributed by atoms with Gasteiger partial charge in [-0.2, -0.15) is 13.2 Å². The average Bonchev–Trinajstić information content (AvgIpc) is 2.52. The van der Waals surface area contributed by atoms with Crippen molar-refractivity contribution in [2.45, 2.75) is 24.3 Å². The molecule has 0 aliphatic heterocycles. The van der Waals surface area contributed by atoms with Crippen molar-refractivity contribution in [1.82, 2.24) is 14.8 Å². The summed E-state index contributed by atoms with van der Waals surface area (Å²) in [5.74, 6) is -1.58. The van der Waals surface area contributed by atoms with E-state index in [1.807, 2.05) is 0 Å². The molecule has 0 atom stereocenters. The maximum atomic E-state index is 12.0. The number of aromatic nitrogens is 3. The Morgan fingerprint density at radius 3 is 2.65 bits per heavy atom. The van der Waals surface area contributed by atoms with Gasteiger partial charge in [0.2, 0.25) is 5.95 Å². The summed E-state index contributed by atoms with van der Waals surface area (Å²) in [6.45, 7) is -0.426. The van der Waals surface area contributed by atoms with E-state index in [4.69, 9.17) is 10.8 Å². The first-order valence-corrected chi connectivity index (χ1v) is 5.38. The number of carbonyl (C=O) groups is 1. The number of nitrogens with two attached hydrogens (primary N) is 1. The lowest BCUT2D eigenvalue weighted by molar-refractivity contribution is -0.137. The molecule has 0 unspecified atom stereocenters. The Morgan fingerprint density at radius 2 is 2.12 bits per heavy atom. The number of nitrogen functional groups attached to an aromatic ring is 1. The number of nitrogens with zero attached hydrogens (tertiary/aromatic N) is 3. The molecule has 0 aromatic carbocycles. The van der Waals surface area contributed by atoms with E-state index in [9.17, 15) is 18.0 Å². The number of aliphatic carboxylic acids is 1. The van der Waals surface area contributed by atoms with Crippen LogP contribution in [0.15, 0.2) is 5.16 Å². The molecule has 0 saturated carbocycles. The van der Waals surface area contributed by atoms with Gasteiger partial charge >= 0.3 is 12.1 Å². The summed E-state index contributed by atoms with van der Waals surface area (Å²) in [4.78, 5) is 10.3. The molecule has 0 radical (unpaired) electrons. The fourth-order valence-electron chi connectivity index (χ4n) is 0.982. The normalized spacial score (nSPS) is 11.7. The van der Waals surface area contributed by atoms with E-state index < -0.39 is 25.1 Å². The first-order valence-electron chi connectivity index (χ1n) is 4.39. The maximum Gasteiger partial charge on any atom is 0.390 e. The smallest absolute Gasteiger partial charge is 0.390 e. The highest BCUT2D eigenvalue weighted by Crippen LogP contribution is 2.24. The zero-order chi connectivity index (χ0) is 13.1. The monoisotopic (exact) mass is 270 g/mol. The molecule has 1 heterocycles. The predicted octanol–water partition coefficient (Wildman–Crippen LogP) is 0.989. The summed E-state index contributed by atoms with van der Waals surface area (Å²) in [6.07, 6.45) is -5.39. The zero-order valence-electron chi connectivity index (χ0n) is 8.44. The van der Waals surface area contributed by atoms with Crippen LogP contribution >= 0.6 is 11.8 Å². The molecule has 6 nitrogen and oxygen atoms in total. The number of hydrogen-bond donors (Lipinski definition) is 2. The molecule has 1 rings (SSSR count). The van der Waals surface area contributed by atoms with E-state index in [2.05, 4.69) is 10.2 Å². The molecule has 0 saturated heterocycles. The molecule has 0 spiro atoms. The SMILES string of the molecule is Nc1nnc(SCC(=O)O)n1CCC(F)(F)F. The van der Waals surface area contributed by atoms with Crippen LogP contribution < -0.4 is 5.73 Å². The summed E-state index contributed by atoms with van der Waals surface area (Å²) >= 11 is 0.769. The van der Waals surface area contributed by atoms with Gasteiger partial charge in [0.1, 0.15) is 0 Å². The van der Waals surface area contributed by atoms with E-state index in [0.29, 0.717) is 0 Å². The molecule has 0 aliphatic carbocycles. The first kappa shape index (κ1) is 13.6. The lowest BCUT2D eigenvalue weighted by Crippen LogP contribution is -2.14. The molecule has 0 amide bonds. The van der Waals surface area contributed by atoms with Gasteiger partial charge in [0.05, 0.1) is 12.2 Å². The first-order chi connectivity index (χ1) is 7.79. The number of carboxylic acid groups (broad SMARTS) is 1. The van der Waals surface area contributed by atoms with Crippen LogP contribution in [0.2, 0.25) is 0 Å². The third-order valence-corrected chi connectivity index (χ3v) is 2.64. The Bertz CT molecular complexity index is 406. The molecule has 17 heavy (non-hydrogen) atoms. The van der Waals surface area contributed by atoms with Gasteiger partial charge in [0, 0.05) is 6.54 Å². The van der Waals surface area contributed by atoms with Crippen LogP contribution in [0.25, 0.3) is 0 Å². The van der Waals surface area contributed by atoms with Crippen LogP contribution in [-0.4, -0.2) is 37.8 Å². The molecule has 0 fully saturated rings. The minimum atomic E-state index is -4.31. The summed E-state index contributed by atoms with van der Waals surface area (Å²) in [6, 6.07) is 0. The van der Waals surface area contributed by atoms with Crippen molar-refractivity contribution in [2.24, 2.45) is 0 Å². The van der Waals surface area contributed by atoms with Crippen LogP contribution in [0, 0.1) is 0 Å². The van der Waals surface area contributed by atoms with Gasteiger partial charge in [0.15, 0.2) is 5.16 Å². The van der Waals surface area contributed by atoms with Gasteiger partial charge in [-0.1, -0.05) is 11.8 Å². The van der Waals surface area contributed by atoms with Gasteiger partial charge in [-0.15, -0.1) is 10.2 Å². The van der Waals surface area contributed by atoms with Crippen LogP contribution in [0.1, 0.15) is 6.42 Å². The van der Waals surface area contributed by atoms with Crippen molar-refractivity contribution < 1.29 is 23.1 Å². The Balaban J connectivity index is 2.69. The second kappa shape index (κ2) is 5.25. The predicted molar refractivity (Wildman–Crippen MR) is 53.5 cm³/mol. The Kier molecular flexibility index (Phi) is 4.21. The van der Waals surface area contributed by atoms with Gasteiger partial charge in [-0.25, -0.2) is 0 Å². The van der Waals surface area contributed by atoms with Crippen molar-refractivity contribution in [1.29, 1.82) is 0 Å². The van der Waals surface area contributed by atoms with E-state index in [0.717, 1.165) is 16.3 Å². The number of thioether (sulfide) groups is 1. The van der Waals surface area contributed by atoms with Crippen molar-refractivity contribution >= 4 is 23.7 Å². The second-order valence-electron chi connectivity index (χ2n) is 3.04. The topological polar surface area (TPSA) is 94.0 Å². The Labute approximate surface area is 98.0 Å². The van der Waals surface area contributed by atoms with Crippen LogP contribution in [0.5, 0.6) is 0 Å². The van der Waals surface area contributed by atoms with Crippen LogP contribution in [-0.2, 0) is 11.3 Å². The van der Waals surface area contributed by atoms with Gasteiger partial charge in [-0.3, -0.25) is 9.36 Å². The van der Waals surface area contributed by atoms with Crippen molar-refractivity contribution in [3.05, 3.63) is 0 Å². The highest BCUT2D eigenvalue weighted by Gasteiger charge is 2.27. The molecule has 1 aromatic rings. The highest BCUT2D eigenvalue weighted by atomic mass is 32.2. The zero-order valence-corrected chi connectivity index (χ0v) is 9.25. The number of alkyl halides is 3. The molecule has 3 N–H and O–H groups in total. The average molecular weight is 270 g/mol. The van der Waals surface area contributed by atoms with Gasteiger partial charge < -0.3 is 10.8 Å². The van der Waals surface area contributed by atoms with E-state index >= 15 is 0 Å². The lowest BCUT2D eigenvalue weighted by Gasteiger charge is -2.09. The lowest BCUT2D eigenvalue weighted by atomic mass is 10.4. The number of carboxylic acids is 1. The fourth-order valence-corrected chi connectivity index (χ4v) is 1.67. The third kappa shape index (κ3) is 4.51. The van der Waals surface area contributed by atoms with Crippen molar-refractivity contribution in [3.63, 3.8) is 0 Å². The molecule has 96 valence electrons. The van der Waals surface area contributed by atoms with Gasteiger partial charge in [-0.05, 0) is 0 Å². The molecular formula is C7H9F3N4O2S. The largest absolute Gasteiger partial charge is 0.481 e. The summed E-state index contributed by atoms with van der Waals surface area (Å²) in [7, 11) is 0. The van der Waals surface area contributed by atoms with Crippen LogP contribution in [0.4, 0.5) is 19.1 Å². The highest BCUT2D eigenvalue weighted by molar-refractivity contribution is 7.99. The molecular weight excluding hydrogens is 261 g/mol. The quantitative estimate of drug-likeness (QED) is 0.775. The standard InChI is InChI=1S/C7H9F3N4O2S/c8-7(9,10)1-2-14-5(11)12-13-6(14)17-3-4(15)16/h1-3H2,(H2,11,12)(H,15,16). The Hall–Kier alpha value is -1.45. The second-order valence-corrected chi connectivity index (χ2v) is 3.98. The fraction of sp³-hybridized carbons (Fsp3) is 0.571. The summed E-state index contributed by atoms with van der Waals surface area (Å²) in [5, 5.41) is 15.4. The molecule has 10 heteroatoms. The third-order valence-electron chi connectivity index (χ3n) is 1.69. The summed E-state index contributed by atoms with van der Waals surface area (Å²) < 4.78 is 37.1. The van der Waals surface area contributed by atoms with Gasteiger partial charge in [0.25, 0.3) is 0 Å². The maximum absolute atomic E-state index is 12.0. The number of halogens is 3. The van der Waals surface area contributed by atoms with E-state index in [1.165, 1.54) is 0 Å². The van der Waals surface area contributed by atoms with E-state index in [1.54, 1.807) is 0 Å². The minimum absolute atomic E-state index is 0.0640. The van der Waals surface area contributed by atoms with Crippen molar-refractivity contribution in [3.8, 4) is 0 Å². The number of rotatable bonds is 5. The number of anilines is 1. The molecule has 0 aliphatic rings. The van der Waals surface area contributed by atoms with Crippen LogP contribution in [0.3, 0.4) is 0 Å². The summed E-state index contributed by atoms with van der Waals surface area (Å²) in [5.41, 5.74) is 5.34. The van der Waals surface area contributed by atoms with Crippen molar-refractivity contribution in [2.75, 3.05) is 11.5 Å². The number of hydrogen-bond acceptors (Lipinski definition) is 5. The molecule has 1 aromatic heterocycles.